The van der Waals surface area contributed by atoms with E-state index in [4.69, 9.17) is 0 Å². The Kier molecular flexibility index (Phi) is 2.29. The summed E-state index contributed by atoms with van der Waals surface area (Å²) in [5.74, 6) is 0. The fourth-order valence-corrected chi connectivity index (χ4v) is 5.16. The maximum Gasteiger partial charge on any atom is 0.0559 e. The van der Waals surface area contributed by atoms with Crippen LogP contribution in [-0.4, -0.2) is 4.98 Å². The fourth-order valence-electron chi connectivity index (χ4n) is 3.91. The lowest BCUT2D eigenvalue weighted by Gasteiger charge is -1.99. The van der Waals surface area contributed by atoms with Crippen LogP contribution in [0.1, 0.15) is 0 Å². The van der Waals surface area contributed by atoms with Crippen molar-refractivity contribution in [3.63, 3.8) is 0 Å². The molecular formula is C22H13NS. The van der Waals surface area contributed by atoms with E-state index in [1.54, 1.807) is 0 Å². The standard InChI is InChI=1S/C22H13NS/c1-2-6-14-13(5-1)9-10-17-20-19(24-22(14)17)12-11-16-15-7-3-4-8-18(15)23-21(16)20/h1-12,23H. The van der Waals surface area contributed by atoms with Gasteiger partial charge in [0.15, 0.2) is 0 Å². The van der Waals surface area contributed by atoms with Gasteiger partial charge in [0.1, 0.15) is 0 Å². The van der Waals surface area contributed by atoms with E-state index in [1.807, 2.05) is 11.3 Å². The maximum absolute atomic E-state index is 3.65. The Morgan fingerprint density at radius 2 is 1.42 bits per heavy atom. The molecule has 0 saturated heterocycles. The van der Waals surface area contributed by atoms with Gasteiger partial charge in [0, 0.05) is 36.5 Å². The van der Waals surface area contributed by atoms with E-state index < -0.39 is 0 Å². The molecule has 1 nitrogen and oxygen atoms in total. The number of H-pyrrole nitrogens is 1. The van der Waals surface area contributed by atoms with Gasteiger partial charge in [-0.15, -0.1) is 11.3 Å². The van der Waals surface area contributed by atoms with Gasteiger partial charge in [-0.3, -0.25) is 0 Å². The van der Waals surface area contributed by atoms with Crippen molar-refractivity contribution < 1.29 is 0 Å². The van der Waals surface area contributed by atoms with Crippen LogP contribution in [0.4, 0.5) is 0 Å². The first-order chi connectivity index (χ1) is 11.9. The second-order valence-corrected chi connectivity index (χ2v) is 7.35. The predicted octanol–water partition coefficient (Wildman–Crippen LogP) is 6.84. The van der Waals surface area contributed by atoms with Gasteiger partial charge in [0.05, 0.1) is 5.52 Å². The largest absolute Gasteiger partial charge is 0.354 e. The zero-order valence-electron chi connectivity index (χ0n) is 12.8. The molecule has 6 rings (SSSR count). The lowest BCUT2D eigenvalue weighted by atomic mass is 10.0. The Labute approximate surface area is 142 Å². The molecule has 0 amide bonds. The molecule has 2 heteroatoms. The van der Waals surface area contributed by atoms with Gasteiger partial charge in [0.25, 0.3) is 0 Å². The van der Waals surface area contributed by atoms with E-state index in [2.05, 4.69) is 77.8 Å². The van der Waals surface area contributed by atoms with Crippen LogP contribution < -0.4 is 0 Å². The van der Waals surface area contributed by atoms with Crippen LogP contribution in [0.2, 0.25) is 0 Å². The SMILES string of the molecule is c1ccc2c(c1)ccc1c2sc2ccc3c4ccccc4[nH]c3c21. The monoisotopic (exact) mass is 323 g/mol. The highest BCUT2D eigenvalue weighted by Gasteiger charge is 2.13. The van der Waals surface area contributed by atoms with Crippen molar-refractivity contribution in [1.82, 2.24) is 4.98 Å². The summed E-state index contributed by atoms with van der Waals surface area (Å²) >= 11 is 1.90. The number of aromatic amines is 1. The summed E-state index contributed by atoms with van der Waals surface area (Å²) in [6, 6.07) is 26.3. The third-order valence-electron chi connectivity index (χ3n) is 5.00. The first kappa shape index (κ1) is 12.6. The van der Waals surface area contributed by atoms with Crippen molar-refractivity contribution in [3.05, 3.63) is 72.8 Å². The van der Waals surface area contributed by atoms with Crippen molar-refractivity contribution in [2.24, 2.45) is 0 Å². The first-order valence-electron chi connectivity index (χ1n) is 8.13. The van der Waals surface area contributed by atoms with Crippen LogP contribution >= 0.6 is 11.3 Å². The molecule has 2 aromatic heterocycles. The normalized spacial score (nSPS) is 12.2. The number of nitrogens with one attached hydrogen (secondary N) is 1. The molecule has 24 heavy (non-hydrogen) atoms. The van der Waals surface area contributed by atoms with Gasteiger partial charge < -0.3 is 4.98 Å². The number of hydrogen-bond acceptors (Lipinski definition) is 1. The molecule has 1 N–H and O–H groups in total. The molecule has 6 aromatic rings. The average molecular weight is 323 g/mol. The predicted molar refractivity (Wildman–Crippen MR) is 106 cm³/mol. The highest BCUT2D eigenvalue weighted by Crippen LogP contribution is 2.42. The number of rotatable bonds is 0. The number of aromatic nitrogens is 1. The number of para-hydroxylation sites is 1. The summed E-state index contributed by atoms with van der Waals surface area (Å²) < 4.78 is 2.73. The molecule has 0 atom stereocenters. The fraction of sp³-hybridized carbons (Fsp3) is 0. The summed E-state index contributed by atoms with van der Waals surface area (Å²) in [7, 11) is 0. The van der Waals surface area contributed by atoms with Crippen LogP contribution in [0.5, 0.6) is 0 Å². The summed E-state index contributed by atoms with van der Waals surface area (Å²) in [6.07, 6.45) is 0. The van der Waals surface area contributed by atoms with Crippen molar-refractivity contribution >= 4 is 64.1 Å². The molecule has 0 aliphatic carbocycles. The Bertz CT molecular complexity index is 1400. The average Bonchev–Trinajstić information content (AvgIpc) is 3.19. The minimum absolute atomic E-state index is 1.21. The van der Waals surface area contributed by atoms with Gasteiger partial charge in [-0.1, -0.05) is 60.7 Å². The summed E-state index contributed by atoms with van der Waals surface area (Å²) in [6.45, 7) is 0. The van der Waals surface area contributed by atoms with Gasteiger partial charge in [-0.05, 0) is 22.9 Å². The molecule has 0 fully saturated rings. The zero-order valence-corrected chi connectivity index (χ0v) is 13.7. The lowest BCUT2D eigenvalue weighted by Crippen LogP contribution is -1.74. The molecule has 0 aliphatic rings. The van der Waals surface area contributed by atoms with Gasteiger partial charge in [0.2, 0.25) is 0 Å². The summed E-state index contributed by atoms with van der Waals surface area (Å²) in [5.41, 5.74) is 2.47. The molecule has 2 heterocycles. The molecule has 0 aliphatic heterocycles. The second-order valence-electron chi connectivity index (χ2n) is 6.30. The Morgan fingerprint density at radius 3 is 2.38 bits per heavy atom. The van der Waals surface area contributed by atoms with Gasteiger partial charge >= 0.3 is 0 Å². The maximum atomic E-state index is 3.65. The Hall–Kier alpha value is -2.84. The molecule has 0 bridgehead atoms. The van der Waals surface area contributed by atoms with E-state index in [-0.39, 0.29) is 0 Å². The minimum atomic E-state index is 1.21. The molecule has 0 unspecified atom stereocenters. The molecule has 0 saturated carbocycles. The molecule has 4 aromatic carbocycles. The van der Waals surface area contributed by atoms with E-state index in [1.165, 1.54) is 52.8 Å². The number of fused-ring (bicyclic) bond motifs is 9. The van der Waals surface area contributed by atoms with E-state index >= 15 is 0 Å². The Balaban J connectivity index is 1.91. The molecule has 0 spiro atoms. The number of thiophene rings is 1. The van der Waals surface area contributed by atoms with Crippen molar-refractivity contribution in [3.8, 4) is 0 Å². The topological polar surface area (TPSA) is 15.8 Å². The van der Waals surface area contributed by atoms with Crippen molar-refractivity contribution in [2.75, 3.05) is 0 Å². The van der Waals surface area contributed by atoms with Crippen LogP contribution in [0.3, 0.4) is 0 Å². The first-order valence-corrected chi connectivity index (χ1v) is 8.95. The minimum Gasteiger partial charge on any atom is -0.354 e. The van der Waals surface area contributed by atoms with E-state index in [9.17, 15) is 0 Å². The van der Waals surface area contributed by atoms with Gasteiger partial charge in [-0.25, -0.2) is 0 Å². The Morgan fingerprint density at radius 1 is 0.625 bits per heavy atom. The highest BCUT2D eigenvalue weighted by molar-refractivity contribution is 7.26. The van der Waals surface area contributed by atoms with Crippen molar-refractivity contribution in [1.29, 1.82) is 0 Å². The second kappa shape index (κ2) is 4.37. The summed E-state index contributed by atoms with van der Waals surface area (Å²) in [4.78, 5) is 3.65. The third kappa shape index (κ3) is 1.49. The van der Waals surface area contributed by atoms with E-state index in [0.29, 0.717) is 0 Å². The quantitative estimate of drug-likeness (QED) is 0.315. The summed E-state index contributed by atoms with van der Waals surface area (Å²) in [5, 5.41) is 7.98. The van der Waals surface area contributed by atoms with Crippen LogP contribution in [-0.2, 0) is 0 Å². The molecular weight excluding hydrogens is 310 g/mol. The van der Waals surface area contributed by atoms with E-state index in [0.717, 1.165) is 0 Å². The third-order valence-corrected chi connectivity index (χ3v) is 6.21. The zero-order chi connectivity index (χ0) is 15.7. The van der Waals surface area contributed by atoms with Gasteiger partial charge in [-0.2, -0.15) is 0 Å². The highest BCUT2D eigenvalue weighted by atomic mass is 32.1. The number of hydrogen-bond donors (Lipinski definition) is 1. The number of benzene rings is 4. The van der Waals surface area contributed by atoms with Crippen LogP contribution in [0.25, 0.3) is 52.8 Å². The molecule has 112 valence electrons. The van der Waals surface area contributed by atoms with Crippen LogP contribution in [0, 0.1) is 0 Å². The smallest absolute Gasteiger partial charge is 0.0559 e. The van der Waals surface area contributed by atoms with Crippen LogP contribution in [0.15, 0.2) is 72.8 Å². The molecule has 0 radical (unpaired) electrons. The lowest BCUT2D eigenvalue weighted by molar-refractivity contribution is 1.57. The van der Waals surface area contributed by atoms with Crippen molar-refractivity contribution in [2.45, 2.75) is 0 Å².